The molecular formula is C4H10O4P2. The molecule has 0 bridgehead atoms. The SMILES string of the molecule is O=P1(O)CCCP(=O)(O)C1. The van der Waals surface area contributed by atoms with Gasteiger partial charge in [0.05, 0.1) is 0 Å². The van der Waals surface area contributed by atoms with Gasteiger partial charge in [-0.2, -0.15) is 0 Å². The van der Waals surface area contributed by atoms with Crippen LogP contribution in [0.4, 0.5) is 0 Å². The molecule has 2 atom stereocenters. The van der Waals surface area contributed by atoms with Crippen molar-refractivity contribution in [2.75, 3.05) is 18.2 Å². The molecular weight excluding hydrogens is 174 g/mol. The van der Waals surface area contributed by atoms with E-state index in [2.05, 4.69) is 0 Å². The fourth-order valence-electron chi connectivity index (χ4n) is 1.05. The van der Waals surface area contributed by atoms with Crippen molar-refractivity contribution in [1.29, 1.82) is 0 Å². The lowest BCUT2D eigenvalue weighted by Gasteiger charge is -2.21. The van der Waals surface area contributed by atoms with E-state index in [1.54, 1.807) is 0 Å². The van der Waals surface area contributed by atoms with Gasteiger partial charge in [-0.05, 0) is 6.42 Å². The Labute approximate surface area is 59.2 Å². The third kappa shape index (κ3) is 2.21. The summed E-state index contributed by atoms with van der Waals surface area (Å²) in [7, 11) is -6.44. The summed E-state index contributed by atoms with van der Waals surface area (Å²) in [6.07, 6.45) is 0.816. The van der Waals surface area contributed by atoms with E-state index in [0.29, 0.717) is 6.42 Å². The minimum atomic E-state index is -3.22. The Morgan fingerprint density at radius 3 is 1.60 bits per heavy atom. The van der Waals surface area contributed by atoms with Crippen LogP contribution in [0, 0.1) is 0 Å². The van der Waals surface area contributed by atoms with E-state index in [9.17, 15) is 9.13 Å². The van der Waals surface area contributed by atoms with Gasteiger partial charge in [-0.3, -0.25) is 9.13 Å². The van der Waals surface area contributed by atoms with Gasteiger partial charge in [-0.15, -0.1) is 0 Å². The van der Waals surface area contributed by atoms with E-state index in [1.165, 1.54) is 0 Å². The molecule has 60 valence electrons. The lowest BCUT2D eigenvalue weighted by molar-refractivity contribution is 0.456. The van der Waals surface area contributed by atoms with E-state index < -0.39 is 14.7 Å². The quantitative estimate of drug-likeness (QED) is 0.548. The van der Waals surface area contributed by atoms with Gasteiger partial charge in [-0.25, -0.2) is 0 Å². The highest BCUT2D eigenvalue weighted by Gasteiger charge is 2.35. The summed E-state index contributed by atoms with van der Waals surface area (Å²) in [5.74, 6) is -0.375. The minimum Gasteiger partial charge on any atom is -0.344 e. The van der Waals surface area contributed by atoms with Crippen LogP contribution in [0.5, 0.6) is 0 Å². The van der Waals surface area contributed by atoms with Crippen molar-refractivity contribution in [2.24, 2.45) is 0 Å². The standard InChI is InChI=1S/C4H10O4P2/c5-9(6)2-1-3-10(7,8)4-9/h1-4H2,(H,5,6)(H,7,8). The van der Waals surface area contributed by atoms with Crippen molar-refractivity contribution in [1.82, 2.24) is 0 Å². The molecule has 1 saturated heterocycles. The molecule has 1 fully saturated rings. The summed E-state index contributed by atoms with van der Waals surface area (Å²) in [6, 6.07) is 0. The van der Waals surface area contributed by atoms with Gasteiger partial charge >= 0.3 is 0 Å². The summed E-state index contributed by atoms with van der Waals surface area (Å²) in [5.41, 5.74) is 0. The zero-order chi connectivity index (χ0) is 7.83. The molecule has 0 radical (unpaired) electrons. The van der Waals surface area contributed by atoms with Crippen molar-refractivity contribution in [3.05, 3.63) is 0 Å². The van der Waals surface area contributed by atoms with Gasteiger partial charge < -0.3 is 9.79 Å². The van der Waals surface area contributed by atoms with Crippen LogP contribution in [0.3, 0.4) is 0 Å². The lowest BCUT2D eigenvalue weighted by atomic mass is 10.6. The van der Waals surface area contributed by atoms with Crippen molar-refractivity contribution < 1.29 is 18.9 Å². The van der Waals surface area contributed by atoms with E-state index >= 15 is 0 Å². The summed E-state index contributed by atoms with van der Waals surface area (Å²) < 4.78 is 21.7. The lowest BCUT2D eigenvalue weighted by Crippen LogP contribution is -2.07. The Kier molecular flexibility index (Phi) is 2.08. The van der Waals surface area contributed by atoms with Gasteiger partial charge in [0.1, 0.15) is 5.90 Å². The average molecular weight is 184 g/mol. The Morgan fingerprint density at radius 2 is 1.40 bits per heavy atom. The summed E-state index contributed by atoms with van der Waals surface area (Å²) in [4.78, 5) is 17.9. The monoisotopic (exact) mass is 184 g/mol. The fraction of sp³-hybridized carbons (Fsp3) is 1.00. The van der Waals surface area contributed by atoms with Crippen molar-refractivity contribution in [3.8, 4) is 0 Å². The Bertz CT molecular complexity index is 201. The van der Waals surface area contributed by atoms with Gasteiger partial charge in [0.15, 0.2) is 0 Å². The first-order valence-electron chi connectivity index (χ1n) is 3.03. The third-order valence-corrected chi connectivity index (χ3v) is 7.02. The second-order valence-electron chi connectivity index (χ2n) is 2.63. The first-order chi connectivity index (χ1) is 4.41. The van der Waals surface area contributed by atoms with Crippen LogP contribution < -0.4 is 0 Å². The second-order valence-corrected chi connectivity index (χ2v) is 8.05. The van der Waals surface area contributed by atoms with E-state index in [4.69, 9.17) is 9.79 Å². The predicted octanol–water partition coefficient (Wildman–Crippen LogP) is 0.888. The van der Waals surface area contributed by atoms with E-state index in [0.717, 1.165) is 0 Å². The molecule has 0 saturated carbocycles. The normalized spacial score (nSPS) is 49.0. The molecule has 0 spiro atoms. The molecule has 1 aliphatic heterocycles. The first kappa shape index (κ1) is 8.48. The van der Waals surface area contributed by atoms with Crippen LogP contribution in [0.15, 0.2) is 0 Å². The molecule has 0 aromatic carbocycles. The number of hydrogen-bond acceptors (Lipinski definition) is 2. The molecule has 1 aliphatic rings. The summed E-state index contributed by atoms with van der Waals surface area (Å²) >= 11 is 0. The molecule has 0 amide bonds. The summed E-state index contributed by atoms with van der Waals surface area (Å²) in [6.45, 7) is 0. The van der Waals surface area contributed by atoms with Crippen LogP contribution in [0.25, 0.3) is 0 Å². The van der Waals surface area contributed by atoms with E-state index in [1.807, 2.05) is 0 Å². The number of rotatable bonds is 0. The molecule has 10 heavy (non-hydrogen) atoms. The molecule has 1 rings (SSSR count). The average Bonchev–Trinajstić information content (AvgIpc) is 1.56. The molecule has 2 unspecified atom stereocenters. The van der Waals surface area contributed by atoms with Gasteiger partial charge in [0.2, 0.25) is 14.7 Å². The predicted molar refractivity (Wildman–Crippen MR) is 38.9 cm³/mol. The highest BCUT2D eigenvalue weighted by Crippen LogP contribution is 2.61. The zero-order valence-electron chi connectivity index (χ0n) is 5.43. The summed E-state index contributed by atoms with van der Waals surface area (Å²) in [5, 5.41) is 0. The number of hydrogen-bond donors (Lipinski definition) is 2. The van der Waals surface area contributed by atoms with Crippen molar-refractivity contribution in [3.63, 3.8) is 0 Å². The maximum atomic E-state index is 10.9. The molecule has 1 heterocycles. The van der Waals surface area contributed by atoms with Crippen LogP contribution in [-0.4, -0.2) is 28.0 Å². The third-order valence-electron chi connectivity index (χ3n) is 1.46. The Hall–Kier alpha value is 0.380. The zero-order valence-corrected chi connectivity index (χ0v) is 7.22. The van der Waals surface area contributed by atoms with Gasteiger partial charge in [-0.1, -0.05) is 0 Å². The largest absolute Gasteiger partial charge is 0.344 e. The molecule has 6 heteroatoms. The minimum absolute atomic E-state index is 0.206. The van der Waals surface area contributed by atoms with Gasteiger partial charge in [0.25, 0.3) is 0 Å². The maximum absolute atomic E-state index is 10.9. The van der Waals surface area contributed by atoms with Crippen LogP contribution in [-0.2, 0) is 9.13 Å². The Morgan fingerprint density at radius 1 is 1.00 bits per heavy atom. The van der Waals surface area contributed by atoms with Crippen LogP contribution in [0.1, 0.15) is 6.42 Å². The molecule has 0 aromatic heterocycles. The molecule has 0 aliphatic carbocycles. The Balaban J connectivity index is 2.75. The highest BCUT2D eigenvalue weighted by atomic mass is 31.2. The smallest absolute Gasteiger partial charge is 0.210 e. The molecule has 4 nitrogen and oxygen atoms in total. The van der Waals surface area contributed by atoms with Gasteiger partial charge in [0, 0.05) is 12.3 Å². The molecule has 2 N–H and O–H groups in total. The van der Waals surface area contributed by atoms with Crippen LogP contribution in [0.2, 0.25) is 0 Å². The highest BCUT2D eigenvalue weighted by molar-refractivity contribution is 7.75. The maximum Gasteiger partial charge on any atom is 0.210 e. The van der Waals surface area contributed by atoms with Crippen LogP contribution >= 0.6 is 14.7 Å². The second kappa shape index (κ2) is 2.46. The fourth-order valence-corrected chi connectivity index (χ4v) is 6.50. The molecule has 0 aromatic rings. The topological polar surface area (TPSA) is 74.6 Å². The van der Waals surface area contributed by atoms with Crippen molar-refractivity contribution >= 4 is 14.7 Å². The van der Waals surface area contributed by atoms with E-state index in [-0.39, 0.29) is 18.2 Å². The first-order valence-corrected chi connectivity index (χ1v) is 7.09. The van der Waals surface area contributed by atoms with Crippen molar-refractivity contribution in [2.45, 2.75) is 6.42 Å².